The standard InChI is InChI=1S/C17H24N2S2/c1-13-14(10-17(21-13)11-18-15-5-6-15)12-19(2)8-7-16-4-3-9-20-16/h3-4,9-10,15,18H,5-8,11-12H2,1-2H3. The van der Waals surface area contributed by atoms with E-state index in [1.165, 1.54) is 33.0 Å². The lowest BCUT2D eigenvalue weighted by Crippen LogP contribution is -2.20. The quantitative estimate of drug-likeness (QED) is 0.789. The van der Waals surface area contributed by atoms with E-state index >= 15 is 0 Å². The Morgan fingerprint density at radius 2 is 2.19 bits per heavy atom. The topological polar surface area (TPSA) is 15.3 Å². The van der Waals surface area contributed by atoms with Crippen LogP contribution in [-0.4, -0.2) is 24.5 Å². The van der Waals surface area contributed by atoms with Gasteiger partial charge in [-0.1, -0.05) is 6.07 Å². The first-order valence-corrected chi connectivity index (χ1v) is 9.43. The zero-order valence-electron chi connectivity index (χ0n) is 12.9. The summed E-state index contributed by atoms with van der Waals surface area (Å²) in [5, 5.41) is 5.77. The van der Waals surface area contributed by atoms with Gasteiger partial charge in [-0.15, -0.1) is 22.7 Å². The third-order valence-corrected chi connectivity index (χ3v) is 6.00. The van der Waals surface area contributed by atoms with Crippen molar-refractivity contribution in [3.63, 3.8) is 0 Å². The van der Waals surface area contributed by atoms with Gasteiger partial charge in [-0.25, -0.2) is 0 Å². The van der Waals surface area contributed by atoms with Gasteiger partial charge in [0.1, 0.15) is 0 Å². The number of nitrogens with zero attached hydrogens (tertiary/aromatic N) is 1. The fraction of sp³-hybridized carbons (Fsp3) is 0.529. The Morgan fingerprint density at radius 1 is 1.33 bits per heavy atom. The van der Waals surface area contributed by atoms with Gasteiger partial charge in [-0.05, 0) is 56.3 Å². The molecule has 1 fully saturated rings. The molecule has 2 nitrogen and oxygen atoms in total. The van der Waals surface area contributed by atoms with Crippen LogP contribution in [0.1, 0.15) is 33.0 Å². The number of nitrogens with one attached hydrogen (secondary N) is 1. The van der Waals surface area contributed by atoms with Gasteiger partial charge in [-0.2, -0.15) is 0 Å². The van der Waals surface area contributed by atoms with Crippen LogP contribution in [-0.2, 0) is 19.5 Å². The van der Waals surface area contributed by atoms with Crippen LogP contribution in [0.2, 0.25) is 0 Å². The van der Waals surface area contributed by atoms with E-state index in [1.807, 2.05) is 22.7 Å². The van der Waals surface area contributed by atoms with Crippen LogP contribution in [0.4, 0.5) is 0 Å². The van der Waals surface area contributed by atoms with Crippen molar-refractivity contribution >= 4 is 22.7 Å². The average Bonchev–Trinajstić information content (AvgIpc) is 3.02. The summed E-state index contributed by atoms with van der Waals surface area (Å²) < 4.78 is 0. The molecule has 2 aromatic heterocycles. The van der Waals surface area contributed by atoms with Crippen molar-refractivity contribution in [1.29, 1.82) is 0 Å². The SMILES string of the molecule is Cc1sc(CNC2CC2)cc1CN(C)CCc1cccs1. The first-order chi connectivity index (χ1) is 10.2. The van der Waals surface area contributed by atoms with Crippen molar-refractivity contribution in [2.24, 2.45) is 0 Å². The molecule has 3 rings (SSSR count). The predicted octanol–water partition coefficient (Wildman–Crippen LogP) is 4.04. The Morgan fingerprint density at radius 3 is 2.90 bits per heavy atom. The van der Waals surface area contributed by atoms with E-state index in [0.717, 1.165) is 32.1 Å². The molecule has 21 heavy (non-hydrogen) atoms. The number of thiophene rings is 2. The van der Waals surface area contributed by atoms with E-state index in [4.69, 9.17) is 0 Å². The lowest BCUT2D eigenvalue weighted by Gasteiger charge is -2.15. The molecule has 0 unspecified atom stereocenters. The van der Waals surface area contributed by atoms with Gasteiger partial charge in [0.15, 0.2) is 0 Å². The second kappa shape index (κ2) is 7.05. The zero-order valence-corrected chi connectivity index (χ0v) is 14.5. The lowest BCUT2D eigenvalue weighted by molar-refractivity contribution is 0.332. The smallest absolute Gasteiger partial charge is 0.0302 e. The molecule has 1 aliphatic carbocycles. The maximum Gasteiger partial charge on any atom is 0.0302 e. The molecule has 114 valence electrons. The summed E-state index contributed by atoms with van der Waals surface area (Å²) >= 11 is 3.82. The van der Waals surface area contributed by atoms with Crippen LogP contribution in [0.25, 0.3) is 0 Å². The molecule has 1 N–H and O–H groups in total. The Labute approximate surface area is 135 Å². The number of hydrogen-bond donors (Lipinski definition) is 1. The summed E-state index contributed by atoms with van der Waals surface area (Å²) in [6, 6.07) is 7.57. The maximum absolute atomic E-state index is 3.61. The van der Waals surface area contributed by atoms with Gasteiger partial charge in [0.25, 0.3) is 0 Å². The molecule has 0 aliphatic heterocycles. The maximum atomic E-state index is 3.61. The average molecular weight is 321 g/mol. The monoisotopic (exact) mass is 320 g/mol. The minimum Gasteiger partial charge on any atom is -0.309 e. The van der Waals surface area contributed by atoms with Gasteiger partial charge in [0.05, 0.1) is 0 Å². The molecule has 0 bridgehead atoms. The summed E-state index contributed by atoms with van der Waals surface area (Å²) in [7, 11) is 2.23. The second-order valence-corrected chi connectivity index (χ2v) is 8.39. The van der Waals surface area contributed by atoms with E-state index in [2.05, 4.69) is 47.8 Å². The van der Waals surface area contributed by atoms with Crippen LogP contribution in [0.15, 0.2) is 23.6 Å². The highest BCUT2D eigenvalue weighted by atomic mass is 32.1. The molecule has 0 aromatic carbocycles. The highest BCUT2D eigenvalue weighted by Gasteiger charge is 2.20. The number of hydrogen-bond acceptors (Lipinski definition) is 4. The molecule has 0 saturated heterocycles. The zero-order chi connectivity index (χ0) is 14.7. The Bertz CT molecular complexity index is 555. The van der Waals surface area contributed by atoms with Crippen molar-refractivity contribution in [2.75, 3.05) is 13.6 Å². The summed E-state index contributed by atoms with van der Waals surface area (Å²) in [6.45, 7) is 5.51. The Hall–Kier alpha value is -0.680. The van der Waals surface area contributed by atoms with Crippen LogP contribution >= 0.6 is 22.7 Å². The van der Waals surface area contributed by atoms with E-state index in [-0.39, 0.29) is 0 Å². The van der Waals surface area contributed by atoms with Crippen LogP contribution < -0.4 is 5.32 Å². The van der Waals surface area contributed by atoms with Gasteiger partial charge in [-0.3, -0.25) is 0 Å². The summed E-state index contributed by atoms with van der Waals surface area (Å²) in [5.74, 6) is 0. The first-order valence-electron chi connectivity index (χ1n) is 7.73. The molecule has 1 aliphatic rings. The van der Waals surface area contributed by atoms with E-state index in [9.17, 15) is 0 Å². The van der Waals surface area contributed by atoms with Gasteiger partial charge < -0.3 is 10.2 Å². The van der Waals surface area contributed by atoms with E-state index in [1.54, 1.807) is 0 Å². The van der Waals surface area contributed by atoms with E-state index < -0.39 is 0 Å². The molecule has 2 aromatic rings. The second-order valence-electron chi connectivity index (χ2n) is 6.02. The van der Waals surface area contributed by atoms with Crippen molar-refractivity contribution in [1.82, 2.24) is 10.2 Å². The van der Waals surface area contributed by atoms with Crippen LogP contribution in [0.3, 0.4) is 0 Å². The highest BCUT2D eigenvalue weighted by molar-refractivity contribution is 7.12. The molecular formula is C17H24N2S2. The van der Waals surface area contributed by atoms with Crippen molar-refractivity contribution in [2.45, 2.75) is 45.3 Å². The van der Waals surface area contributed by atoms with Gasteiger partial charge in [0.2, 0.25) is 0 Å². The minimum atomic E-state index is 0.796. The normalized spacial score (nSPS) is 15.0. The number of aryl methyl sites for hydroxylation is 1. The summed E-state index contributed by atoms with van der Waals surface area (Å²) in [5.41, 5.74) is 1.50. The highest BCUT2D eigenvalue weighted by Crippen LogP contribution is 2.25. The number of rotatable bonds is 8. The van der Waals surface area contributed by atoms with Crippen LogP contribution in [0, 0.1) is 6.92 Å². The molecule has 2 heterocycles. The molecule has 0 amide bonds. The van der Waals surface area contributed by atoms with Crippen molar-refractivity contribution in [3.05, 3.63) is 43.8 Å². The largest absolute Gasteiger partial charge is 0.309 e. The van der Waals surface area contributed by atoms with Crippen molar-refractivity contribution in [3.8, 4) is 0 Å². The third-order valence-electron chi connectivity index (χ3n) is 3.97. The lowest BCUT2D eigenvalue weighted by atomic mass is 10.2. The molecule has 4 heteroatoms. The molecule has 0 radical (unpaired) electrons. The fourth-order valence-electron chi connectivity index (χ4n) is 2.49. The molecule has 0 spiro atoms. The Balaban J connectivity index is 1.48. The van der Waals surface area contributed by atoms with Gasteiger partial charge in [0, 0.05) is 40.3 Å². The minimum absolute atomic E-state index is 0.796. The molecular weight excluding hydrogens is 296 g/mol. The molecule has 0 atom stereocenters. The Kier molecular flexibility index (Phi) is 5.11. The number of likely N-dealkylation sites (N-methyl/N-ethyl adjacent to an activating group) is 1. The van der Waals surface area contributed by atoms with E-state index in [0.29, 0.717) is 0 Å². The summed E-state index contributed by atoms with van der Waals surface area (Å²) in [6.07, 6.45) is 3.89. The summed E-state index contributed by atoms with van der Waals surface area (Å²) in [4.78, 5) is 6.89. The predicted molar refractivity (Wildman–Crippen MR) is 93.3 cm³/mol. The van der Waals surface area contributed by atoms with Crippen molar-refractivity contribution < 1.29 is 0 Å². The first kappa shape index (κ1) is 15.2. The fourth-order valence-corrected chi connectivity index (χ4v) is 4.19. The van der Waals surface area contributed by atoms with Crippen LogP contribution in [0.5, 0.6) is 0 Å². The molecule has 1 saturated carbocycles. The van der Waals surface area contributed by atoms with Gasteiger partial charge >= 0.3 is 0 Å². The third kappa shape index (κ3) is 4.65.